The maximum Gasteiger partial charge on any atom is 0.304 e. The van der Waals surface area contributed by atoms with E-state index in [9.17, 15) is 14.5 Å². The van der Waals surface area contributed by atoms with Crippen molar-refractivity contribution in [1.29, 1.82) is 0 Å². The molecule has 0 N–H and O–H groups in total. The lowest BCUT2D eigenvalue weighted by Gasteiger charge is -2.25. The third kappa shape index (κ3) is 21.7. The van der Waals surface area contributed by atoms with E-state index in [-0.39, 0.29) is 0 Å². The largest absolute Gasteiger partial charge is 0.372 e. The van der Waals surface area contributed by atoms with Gasteiger partial charge in [-0.2, -0.15) is 4.39 Å². The van der Waals surface area contributed by atoms with E-state index in [1.54, 1.807) is 12.1 Å². The van der Waals surface area contributed by atoms with Crippen LogP contribution in [0.25, 0.3) is 23.3 Å². The lowest BCUT2D eigenvalue weighted by molar-refractivity contribution is -0.387. The van der Waals surface area contributed by atoms with Crippen LogP contribution in [-0.2, 0) is 0 Å². The minimum Gasteiger partial charge on any atom is -0.372 e. The fourth-order valence-electron chi connectivity index (χ4n) is 7.98. The summed E-state index contributed by atoms with van der Waals surface area (Å²) in [6.07, 6.45) is 42.6. The van der Waals surface area contributed by atoms with Crippen LogP contribution in [0.3, 0.4) is 0 Å². The summed E-state index contributed by atoms with van der Waals surface area (Å²) < 4.78 is 14.0. The monoisotopic (exact) mass is 783 g/mol. The maximum atomic E-state index is 14.0. The number of halogens is 1. The van der Waals surface area contributed by atoms with Crippen LogP contribution < -0.4 is 4.90 Å². The van der Waals surface area contributed by atoms with Crippen molar-refractivity contribution in [2.24, 2.45) is 0 Å². The van der Waals surface area contributed by atoms with E-state index in [1.807, 2.05) is 6.08 Å². The van der Waals surface area contributed by atoms with E-state index in [0.29, 0.717) is 5.56 Å². The van der Waals surface area contributed by atoms with Crippen molar-refractivity contribution in [3.8, 4) is 11.1 Å². The Hall–Kier alpha value is -3.47. The van der Waals surface area contributed by atoms with Crippen LogP contribution in [0.4, 0.5) is 15.8 Å². The average Bonchev–Trinajstić information content (AvgIpc) is 3.22. The smallest absolute Gasteiger partial charge is 0.304 e. The van der Waals surface area contributed by atoms with Crippen LogP contribution in [0.5, 0.6) is 0 Å². The quantitative estimate of drug-likeness (QED) is 0.0258. The molecule has 316 valence electrons. The van der Waals surface area contributed by atoms with E-state index in [0.717, 1.165) is 24.2 Å². The Kier molecular flexibility index (Phi) is 26.5. The van der Waals surface area contributed by atoms with Crippen LogP contribution >= 0.6 is 0 Å². The predicted molar refractivity (Wildman–Crippen MR) is 247 cm³/mol. The van der Waals surface area contributed by atoms with Crippen molar-refractivity contribution in [1.82, 2.24) is 0 Å². The first-order chi connectivity index (χ1) is 28.0. The molecule has 3 aromatic rings. The Balaban J connectivity index is 1.43. The molecule has 57 heavy (non-hydrogen) atoms. The number of hydrogen-bond donors (Lipinski definition) is 0. The highest BCUT2D eigenvalue weighted by Gasteiger charge is 2.13. The van der Waals surface area contributed by atoms with Gasteiger partial charge in [-0.3, -0.25) is 10.1 Å². The Morgan fingerprint density at radius 1 is 0.474 bits per heavy atom. The minimum absolute atomic E-state index is 0.504. The van der Waals surface area contributed by atoms with Gasteiger partial charge in [-0.15, -0.1) is 0 Å². The van der Waals surface area contributed by atoms with Gasteiger partial charge in [-0.25, -0.2) is 0 Å². The number of nitro benzene ring substituents is 1. The molecule has 3 rings (SSSR count). The fourth-order valence-corrected chi connectivity index (χ4v) is 7.98. The third-order valence-corrected chi connectivity index (χ3v) is 11.7. The van der Waals surface area contributed by atoms with Gasteiger partial charge in [0.2, 0.25) is 5.82 Å². The highest BCUT2D eigenvalue weighted by molar-refractivity contribution is 5.73. The fraction of sp³-hybridized carbons (Fsp3) is 0.615. The first-order valence-electron chi connectivity index (χ1n) is 23.6. The second kappa shape index (κ2) is 31.5. The van der Waals surface area contributed by atoms with Crippen molar-refractivity contribution in [2.75, 3.05) is 18.0 Å². The first kappa shape index (κ1) is 47.9. The molecule has 0 aliphatic carbocycles. The molecule has 3 aromatic carbocycles. The number of rotatable bonds is 35. The summed E-state index contributed by atoms with van der Waals surface area (Å²) >= 11 is 0. The SMILES string of the molecule is CCCCCCCCCCCCCCCCN(CCCCCCCCCCCCCCCC)c1ccc(-c2ccc(/C=C/c3ccc([N+](=O)[O-])c(F)c3)cc2)cc1. The molecule has 0 unspecified atom stereocenters. The Labute approximate surface area is 348 Å². The summed E-state index contributed by atoms with van der Waals surface area (Å²) in [6.45, 7) is 6.86. The van der Waals surface area contributed by atoms with Crippen LogP contribution in [0.1, 0.15) is 205 Å². The van der Waals surface area contributed by atoms with E-state index in [1.165, 1.54) is 203 Å². The number of nitrogens with zero attached hydrogens (tertiary/aromatic N) is 2. The van der Waals surface area contributed by atoms with Crippen molar-refractivity contribution < 1.29 is 9.31 Å². The molecular formula is C52H79FN2O2. The molecule has 0 aliphatic rings. The number of nitro groups is 1. The van der Waals surface area contributed by atoms with Gasteiger partial charge in [-0.05, 0) is 59.4 Å². The molecular weight excluding hydrogens is 704 g/mol. The molecule has 0 heterocycles. The molecule has 0 spiro atoms. The summed E-state index contributed by atoms with van der Waals surface area (Å²) in [5, 5.41) is 10.9. The molecule has 5 heteroatoms. The van der Waals surface area contributed by atoms with Gasteiger partial charge in [0.15, 0.2) is 0 Å². The zero-order valence-electron chi connectivity index (χ0n) is 36.3. The van der Waals surface area contributed by atoms with Crippen molar-refractivity contribution >= 4 is 23.5 Å². The molecule has 0 amide bonds. The topological polar surface area (TPSA) is 46.4 Å². The normalized spacial score (nSPS) is 11.5. The molecule has 0 atom stereocenters. The highest BCUT2D eigenvalue weighted by Crippen LogP contribution is 2.26. The van der Waals surface area contributed by atoms with Gasteiger partial charge in [0, 0.05) is 24.8 Å². The first-order valence-corrected chi connectivity index (χ1v) is 23.6. The van der Waals surface area contributed by atoms with Crippen LogP contribution in [0.15, 0.2) is 66.7 Å². The van der Waals surface area contributed by atoms with Crippen LogP contribution in [-0.4, -0.2) is 18.0 Å². The van der Waals surface area contributed by atoms with Gasteiger partial charge >= 0.3 is 5.69 Å². The zero-order chi connectivity index (χ0) is 40.6. The summed E-state index contributed by atoms with van der Waals surface area (Å²) in [6, 6.07) is 21.4. The summed E-state index contributed by atoms with van der Waals surface area (Å²) in [7, 11) is 0. The maximum absolute atomic E-state index is 14.0. The van der Waals surface area contributed by atoms with Gasteiger partial charge in [0.05, 0.1) is 4.92 Å². The van der Waals surface area contributed by atoms with Crippen LogP contribution in [0.2, 0.25) is 0 Å². The van der Waals surface area contributed by atoms with Gasteiger partial charge in [0.1, 0.15) is 0 Å². The van der Waals surface area contributed by atoms with E-state index in [2.05, 4.69) is 67.3 Å². The Bertz CT molecular complexity index is 1440. The highest BCUT2D eigenvalue weighted by atomic mass is 19.1. The second-order valence-electron chi connectivity index (χ2n) is 16.6. The van der Waals surface area contributed by atoms with Crippen molar-refractivity contribution in [2.45, 2.75) is 194 Å². The van der Waals surface area contributed by atoms with Crippen LogP contribution in [0, 0.1) is 15.9 Å². The summed E-state index contributed by atoms with van der Waals surface area (Å²) in [5.74, 6) is -0.821. The average molecular weight is 783 g/mol. The summed E-state index contributed by atoms with van der Waals surface area (Å²) in [5.41, 5.74) is 4.76. The third-order valence-electron chi connectivity index (χ3n) is 11.7. The zero-order valence-corrected chi connectivity index (χ0v) is 36.3. The molecule has 0 fully saturated rings. The number of benzene rings is 3. The standard InChI is InChI=1S/C52H79FN2O2/c1-3-5-7-9-11-13-15-17-19-21-23-25-27-29-43-54(44-30-28-26-24-22-20-18-16-14-12-10-8-6-4-2)50-40-38-49(39-41-50)48-36-33-46(34-37-48)31-32-47-35-42-52(55(56)57)51(53)45-47/h31-42,45H,3-30,43-44H2,1-2H3/b32-31+. The van der Waals surface area contributed by atoms with Gasteiger partial charge in [-0.1, -0.05) is 229 Å². The number of unbranched alkanes of at least 4 members (excludes halogenated alkanes) is 26. The second-order valence-corrected chi connectivity index (χ2v) is 16.6. The molecule has 4 nitrogen and oxygen atoms in total. The molecule has 0 radical (unpaired) electrons. The molecule has 0 aromatic heterocycles. The van der Waals surface area contributed by atoms with E-state index in [4.69, 9.17) is 0 Å². The predicted octanol–water partition coefficient (Wildman–Crippen LogP) is 17.3. The lowest BCUT2D eigenvalue weighted by atomic mass is 10.0. The molecule has 0 saturated carbocycles. The molecule has 0 aliphatic heterocycles. The minimum atomic E-state index is -0.821. The van der Waals surface area contributed by atoms with Crippen molar-refractivity contribution in [3.63, 3.8) is 0 Å². The summed E-state index contributed by atoms with van der Waals surface area (Å²) in [4.78, 5) is 12.9. The van der Waals surface area contributed by atoms with Gasteiger partial charge < -0.3 is 4.90 Å². The number of anilines is 1. The van der Waals surface area contributed by atoms with Gasteiger partial charge in [0.25, 0.3) is 0 Å². The van der Waals surface area contributed by atoms with E-state index < -0.39 is 16.4 Å². The molecule has 0 bridgehead atoms. The lowest BCUT2D eigenvalue weighted by Crippen LogP contribution is -2.25. The Morgan fingerprint density at radius 2 is 0.807 bits per heavy atom. The molecule has 0 saturated heterocycles. The van der Waals surface area contributed by atoms with E-state index >= 15 is 0 Å². The van der Waals surface area contributed by atoms with Crippen molar-refractivity contribution in [3.05, 3.63) is 93.8 Å². The number of hydrogen-bond acceptors (Lipinski definition) is 3. The Morgan fingerprint density at radius 3 is 1.18 bits per heavy atom.